The van der Waals surface area contributed by atoms with Crippen molar-refractivity contribution in [2.24, 2.45) is 0 Å². The van der Waals surface area contributed by atoms with Gasteiger partial charge in [-0.1, -0.05) is 23.8 Å². The lowest BCUT2D eigenvalue weighted by atomic mass is 10.1. The number of benzene rings is 3. The van der Waals surface area contributed by atoms with Gasteiger partial charge in [-0.3, -0.25) is 4.79 Å². The Bertz CT molecular complexity index is 957. The smallest absolute Gasteiger partial charge is 0.262 e. The van der Waals surface area contributed by atoms with E-state index in [1.54, 1.807) is 12.1 Å². The number of anilines is 1. The van der Waals surface area contributed by atoms with E-state index in [1.165, 1.54) is 0 Å². The zero-order chi connectivity index (χ0) is 20.1. The number of amides is 1. The molecule has 0 heterocycles. The molecular formula is C24H25NO3. The van der Waals surface area contributed by atoms with Crippen molar-refractivity contribution < 1.29 is 14.3 Å². The van der Waals surface area contributed by atoms with Gasteiger partial charge in [-0.05, 0) is 86.8 Å². The molecule has 0 atom stereocenters. The van der Waals surface area contributed by atoms with Gasteiger partial charge in [0.05, 0.1) is 0 Å². The highest BCUT2D eigenvalue weighted by atomic mass is 16.5. The van der Waals surface area contributed by atoms with Crippen LogP contribution in [0, 0.1) is 27.7 Å². The fraction of sp³-hybridized carbons (Fsp3) is 0.208. The molecule has 144 valence electrons. The van der Waals surface area contributed by atoms with E-state index in [1.807, 2.05) is 70.2 Å². The Hall–Kier alpha value is -3.27. The first-order valence-electron chi connectivity index (χ1n) is 9.25. The minimum atomic E-state index is -0.192. The second-order valence-corrected chi connectivity index (χ2v) is 7.05. The van der Waals surface area contributed by atoms with E-state index in [-0.39, 0.29) is 12.5 Å². The molecule has 0 radical (unpaired) electrons. The molecule has 0 saturated heterocycles. The number of aryl methyl sites for hydroxylation is 4. The molecule has 4 nitrogen and oxygen atoms in total. The summed E-state index contributed by atoms with van der Waals surface area (Å²) in [5, 5.41) is 2.87. The van der Waals surface area contributed by atoms with E-state index < -0.39 is 0 Å². The van der Waals surface area contributed by atoms with Crippen LogP contribution in [0.4, 0.5) is 5.69 Å². The third-order valence-corrected chi connectivity index (χ3v) is 4.28. The maximum atomic E-state index is 12.1. The molecule has 0 aliphatic rings. The summed E-state index contributed by atoms with van der Waals surface area (Å²) >= 11 is 0. The number of hydrogen-bond donors (Lipinski definition) is 1. The highest BCUT2D eigenvalue weighted by molar-refractivity contribution is 5.92. The van der Waals surface area contributed by atoms with Crippen LogP contribution in [0.3, 0.4) is 0 Å². The van der Waals surface area contributed by atoms with Crippen LogP contribution in [0.15, 0.2) is 60.7 Å². The standard InChI is InChI=1S/C24H25NO3/c1-16-5-10-23(19(4)12-16)25-24(26)15-27-20-6-8-21(9-7-20)28-22-13-17(2)11-18(3)14-22/h5-14H,15H2,1-4H3,(H,25,26). The van der Waals surface area contributed by atoms with Gasteiger partial charge in [0.15, 0.2) is 6.61 Å². The minimum Gasteiger partial charge on any atom is -0.484 e. The van der Waals surface area contributed by atoms with Gasteiger partial charge in [0.1, 0.15) is 17.2 Å². The van der Waals surface area contributed by atoms with Crippen molar-refractivity contribution in [2.45, 2.75) is 27.7 Å². The Kier molecular flexibility index (Phi) is 5.99. The number of hydrogen-bond acceptors (Lipinski definition) is 3. The van der Waals surface area contributed by atoms with Crippen LogP contribution >= 0.6 is 0 Å². The van der Waals surface area contributed by atoms with E-state index in [0.29, 0.717) is 5.75 Å². The average Bonchev–Trinajstić information content (AvgIpc) is 2.63. The molecule has 1 N–H and O–H groups in total. The average molecular weight is 375 g/mol. The summed E-state index contributed by atoms with van der Waals surface area (Å²) in [6.45, 7) is 8.03. The molecule has 0 saturated carbocycles. The van der Waals surface area contributed by atoms with Crippen molar-refractivity contribution in [3.8, 4) is 17.2 Å². The van der Waals surface area contributed by atoms with Gasteiger partial charge in [-0.25, -0.2) is 0 Å². The third-order valence-electron chi connectivity index (χ3n) is 4.28. The summed E-state index contributed by atoms with van der Waals surface area (Å²) in [5.41, 5.74) is 5.31. The normalized spacial score (nSPS) is 10.4. The summed E-state index contributed by atoms with van der Waals surface area (Å²) in [6, 6.07) is 19.2. The van der Waals surface area contributed by atoms with Crippen molar-refractivity contribution in [3.63, 3.8) is 0 Å². The van der Waals surface area contributed by atoms with Crippen molar-refractivity contribution in [2.75, 3.05) is 11.9 Å². The molecule has 0 aliphatic heterocycles. The maximum absolute atomic E-state index is 12.1. The first kappa shape index (κ1) is 19.5. The predicted molar refractivity (Wildman–Crippen MR) is 112 cm³/mol. The lowest BCUT2D eigenvalue weighted by Gasteiger charge is -2.11. The zero-order valence-electron chi connectivity index (χ0n) is 16.7. The van der Waals surface area contributed by atoms with Gasteiger partial charge in [0, 0.05) is 5.69 Å². The van der Waals surface area contributed by atoms with E-state index in [2.05, 4.69) is 11.4 Å². The van der Waals surface area contributed by atoms with E-state index >= 15 is 0 Å². The Morgan fingerprint density at radius 1 is 0.750 bits per heavy atom. The van der Waals surface area contributed by atoms with Crippen LogP contribution in [-0.4, -0.2) is 12.5 Å². The molecule has 3 aromatic rings. The van der Waals surface area contributed by atoms with Gasteiger partial charge >= 0.3 is 0 Å². The van der Waals surface area contributed by atoms with Crippen molar-refractivity contribution >= 4 is 11.6 Å². The fourth-order valence-corrected chi connectivity index (χ4v) is 3.02. The molecule has 0 bridgehead atoms. The number of rotatable bonds is 6. The van der Waals surface area contributed by atoms with Gasteiger partial charge in [0.25, 0.3) is 5.91 Å². The molecule has 0 aromatic heterocycles. The lowest BCUT2D eigenvalue weighted by Crippen LogP contribution is -2.20. The Labute approximate surface area is 166 Å². The van der Waals surface area contributed by atoms with E-state index in [9.17, 15) is 4.79 Å². The highest BCUT2D eigenvalue weighted by Gasteiger charge is 2.07. The zero-order valence-corrected chi connectivity index (χ0v) is 16.7. The molecule has 3 rings (SSSR count). The van der Waals surface area contributed by atoms with Gasteiger partial charge in [0.2, 0.25) is 0 Å². The van der Waals surface area contributed by atoms with Crippen LogP contribution in [0.25, 0.3) is 0 Å². The molecule has 0 aliphatic carbocycles. The fourth-order valence-electron chi connectivity index (χ4n) is 3.02. The quantitative estimate of drug-likeness (QED) is 0.598. The van der Waals surface area contributed by atoms with Crippen molar-refractivity contribution in [3.05, 3.63) is 82.9 Å². The Morgan fingerprint density at radius 3 is 2.04 bits per heavy atom. The summed E-state index contributed by atoms with van der Waals surface area (Å²) < 4.78 is 11.5. The van der Waals surface area contributed by atoms with Crippen LogP contribution in [0.2, 0.25) is 0 Å². The number of carbonyl (C=O) groups excluding carboxylic acids is 1. The SMILES string of the molecule is Cc1cc(C)cc(Oc2ccc(OCC(=O)Nc3ccc(C)cc3C)cc2)c1. The number of carbonyl (C=O) groups is 1. The maximum Gasteiger partial charge on any atom is 0.262 e. The summed E-state index contributed by atoms with van der Waals surface area (Å²) in [5.74, 6) is 1.95. The van der Waals surface area contributed by atoms with Gasteiger partial charge in [-0.15, -0.1) is 0 Å². The third kappa shape index (κ3) is 5.36. The summed E-state index contributed by atoms with van der Waals surface area (Å²) in [6.07, 6.45) is 0. The minimum absolute atomic E-state index is 0.0510. The molecule has 0 spiro atoms. The van der Waals surface area contributed by atoms with Gasteiger partial charge in [-0.2, -0.15) is 0 Å². The predicted octanol–water partition coefficient (Wildman–Crippen LogP) is 5.73. The molecular weight excluding hydrogens is 350 g/mol. The second kappa shape index (κ2) is 8.61. The topological polar surface area (TPSA) is 47.6 Å². The molecule has 0 fully saturated rings. The molecule has 3 aromatic carbocycles. The lowest BCUT2D eigenvalue weighted by molar-refractivity contribution is -0.118. The monoisotopic (exact) mass is 375 g/mol. The Balaban J connectivity index is 1.54. The largest absolute Gasteiger partial charge is 0.484 e. The molecule has 4 heteroatoms. The summed E-state index contributed by atoms with van der Waals surface area (Å²) in [4.78, 5) is 12.1. The van der Waals surface area contributed by atoms with Crippen molar-refractivity contribution in [1.29, 1.82) is 0 Å². The van der Waals surface area contributed by atoms with E-state index in [4.69, 9.17) is 9.47 Å². The first-order chi connectivity index (χ1) is 13.4. The van der Waals surface area contributed by atoms with Crippen LogP contribution in [-0.2, 0) is 4.79 Å². The van der Waals surface area contributed by atoms with Crippen LogP contribution in [0.1, 0.15) is 22.3 Å². The van der Waals surface area contributed by atoms with Crippen LogP contribution < -0.4 is 14.8 Å². The molecule has 1 amide bonds. The van der Waals surface area contributed by atoms with Crippen LogP contribution in [0.5, 0.6) is 17.2 Å². The first-order valence-corrected chi connectivity index (χ1v) is 9.25. The summed E-state index contributed by atoms with van der Waals surface area (Å²) in [7, 11) is 0. The molecule has 28 heavy (non-hydrogen) atoms. The van der Waals surface area contributed by atoms with Crippen molar-refractivity contribution in [1.82, 2.24) is 0 Å². The highest BCUT2D eigenvalue weighted by Crippen LogP contribution is 2.25. The number of ether oxygens (including phenoxy) is 2. The molecule has 0 unspecified atom stereocenters. The Morgan fingerprint density at radius 2 is 1.39 bits per heavy atom. The van der Waals surface area contributed by atoms with Gasteiger partial charge < -0.3 is 14.8 Å². The second-order valence-electron chi connectivity index (χ2n) is 7.05. The van der Waals surface area contributed by atoms with E-state index in [0.717, 1.165) is 39.4 Å². The number of nitrogens with one attached hydrogen (secondary N) is 1.